The zero-order valence-corrected chi connectivity index (χ0v) is 8.26. The van der Waals surface area contributed by atoms with E-state index >= 15 is 0 Å². The Morgan fingerprint density at radius 3 is 1.60 bits per heavy atom. The smallest absolute Gasteiger partial charge is 0.225 e. The SMILES string of the molecule is C#CC(OCCO)OC(C#C)OCCO. The van der Waals surface area contributed by atoms with Crippen LogP contribution in [0.4, 0.5) is 0 Å². The van der Waals surface area contributed by atoms with Gasteiger partial charge in [-0.2, -0.15) is 0 Å². The molecule has 0 amide bonds. The third-order valence-corrected chi connectivity index (χ3v) is 1.24. The van der Waals surface area contributed by atoms with Gasteiger partial charge in [0.2, 0.25) is 12.6 Å². The largest absolute Gasteiger partial charge is 0.394 e. The zero-order valence-electron chi connectivity index (χ0n) is 8.26. The zero-order chi connectivity index (χ0) is 11.5. The van der Waals surface area contributed by atoms with E-state index in [1.165, 1.54) is 0 Å². The van der Waals surface area contributed by atoms with Crippen LogP contribution >= 0.6 is 0 Å². The van der Waals surface area contributed by atoms with Gasteiger partial charge in [-0.25, -0.2) is 0 Å². The summed E-state index contributed by atoms with van der Waals surface area (Å²) in [5.41, 5.74) is 0. The lowest BCUT2D eigenvalue weighted by atomic mass is 10.6. The molecule has 2 unspecified atom stereocenters. The Balaban J connectivity index is 3.91. The number of aliphatic hydroxyl groups excluding tert-OH is 2. The molecule has 0 bridgehead atoms. The van der Waals surface area contributed by atoms with Gasteiger partial charge in [0.15, 0.2) is 0 Å². The number of hydrogen-bond acceptors (Lipinski definition) is 5. The monoisotopic (exact) mass is 214 g/mol. The van der Waals surface area contributed by atoms with Crippen LogP contribution in [0.2, 0.25) is 0 Å². The minimum atomic E-state index is -0.975. The van der Waals surface area contributed by atoms with Crippen LogP contribution in [-0.2, 0) is 14.2 Å². The first-order valence-electron chi connectivity index (χ1n) is 4.31. The Labute approximate surface area is 89.0 Å². The fourth-order valence-corrected chi connectivity index (χ4v) is 0.685. The molecule has 2 atom stereocenters. The molecule has 0 spiro atoms. The molecule has 0 heterocycles. The molecule has 0 aromatic rings. The maximum Gasteiger partial charge on any atom is 0.225 e. The van der Waals surface area contributed by atoms with Gasteiger partial charge in [0.05, 0.1) is 26.4 Å². The lowest BCUT2D eigenvalue weighted by Gasteiger charge is -2.17. The van der Waals surface area contributed by atoms with Gasteiger partial charge in [-0.15, -0.1) is 12.8 Å². The van der Waals surface area contributed by atoms with E-state index in [-0.39, 0.29) is 26.4 Å². The lowest BCUT2D eigenvalue weighted by molar-refractivity contribution is -0.203. The van der Waals surface area contributed by atoms with E-state index in [1.807, 2.05) is 0 Å². The van der Waals surface area contributed by atoms with Crippen molar-refractivity contribution in [2.24, 2.45) is 0 Å². The summed E-state index contributed by atoms with van der Waals surface area (Å²) in [4.78, 5) is 0. The molecule has 0 radical (unpaired) electrons. The summed E-state index contributed by atoms with van der Waals surface area (Å²) in [6, 6.07) is 0. The molecule has 0 rings (SSSR count). The van der Waals surface area contributed by atoms with Gasteiger partial charge < -0.3 is 24.4 Å². The average Bonchev–Trinajstić information content (AvgIpc) is 2.28. The fraction of sp³-hybridized carbons (Fsp3) is 0.600. The van der Waals surface area contributed by atoms with Crippen molar-refractivity contribution < 1.29 is 24.4 Å². The summed E-state index contributed by atoms with van der Waals surface area (Å²) in [6.07, 6.45) is 8.23. The van der Waals surface area contributed by atoms with Crippen molar-refractivity contribution in [3.8, 4) is 24.7 Å². The second-order valence-electron chi connectivity index (χ2n) is 2.32. The second kappa shape index (κ2) is 9.47. The first-order valence-corrected chi connectivity index (χ1v) is 4.31. The predicted octanol–water partition coefficient (Wildman–Crippen LogP) is -1.06. The predicted molar refractivity (Wildman–Crippen MR) is 52.4 cm³/mol. The number of rotatable bonds is 8. The summed E-state index contributed by atoms with van der Waals surface area (Å²) in [6.45, 7) is -0.238. The molecule has 0 aliphatic rings. The summed E-state index contributed by atoms with van der Waals surface area (Å²) in [5.74, 6) is 4.37. The van der Waals surface area contributed by atoms with Crippen LogP contribution in [0.15, 0.2) is 0 Å². The van der Waals surface area contributed by atoms with Crippen molar-refractivity contribution in [2.45, 2.75) is 12.6 Å². The Morgan fingerprint density at radius 1 is 0.933 bits per heavy atom. The van der Waals surface area contributed by atoms with E-state index in [1.54, 1.807) is 0 Å². The van der Waals surface area contributed by atoms with Gasteiger partial charge in [0.25, 0.3) is 0 Å². The number of aliphatic hydroxyl groups is 2. The van der Waals surface area contributed by atoms with Gasteiger partial charge in [-0.1, -0.05) is 0 Å². The summed E-state index contributed by atoms with van der Waals surface area (Å²) < 4.78 is 14.8. The van der Waals surface area contributed by atoms with Crippen molar-refractivity contribution in [1.82, 2.24) is 0 Å². The Hall–Kier alpha value is -1.08. The normalized spacial score (nSPS) is 13.9. The highest BCUT2D eigenvalue weighted by molar-refractivity contribution is 4.94. The fourth-order valence-electron chi connectivity index (χ4n) is 0.685. The molecule has 0 aliphatic heterocycles. The molecule has 0 saturated heterocycles. The van der Waals surface area contributed by atoms with Crippen LogP contribution in [0.1, 0.15) is 0 Å². The van der Waals surface area contributed by atoms with Crippen LogP contribution in [0, 0.1) is 24.7 Å². The first kappa shape index (κ1) is 13.9. The van der Waals surface area contributed by atoms with E-state index in [0.717, 1.165) is 0 Å². The van der Waals surface area contributed by atoms with Gasteiger partial charge in [-0.3, -0.25) is 0 Å². The topological polar surface area (TPSA) is 68.2 Å². The quantitative estimate of drug-likeness (QED) is 0.398. The van der Waals surface area contributed by atoms with Crippen LogP contribution in [0.25, 0.3) is 0 Å². The van der Waals surface area contributed by atoms with Crippen molar-refractivity contribution >= 4 is 0 Å². The van der Waals surface area contributed by atoms with Gasteiger partial charge in [0, 0.05) is 0 Å². The van der Waals surface area contributed by atoms with E-state index in [2.05, 4.69) is 11.8 Å². The molecule has 5 nitrogen and oxygen atoms in total. The molecule has 0 aromatic heterocycles. The number of hydrogen-bond donors (Lipinski definition) is 2. The van der Waals surface area contributed by atoms with Crippen LogP contribution in [0.3, 0.4) is 0 Å². The van der Waals surface area contributed by atoms with Crippen LogP contribution in [-0.4, -0.2) is 49.2 Å². The molecule has 5 heteroatoms. The highest BCUT2D eigenvalue weighted by atomic mass is 16.8. The second-order valence-corrected chi connectivity index (χ2v) is 2.32. The van der Waals surface area contributed by atoms with Crippen molar-refractivity contribution in [1.29, 1.82) is 0 Å². The summed E-state index contributed by atoms with van der Waals surface area (Å²) in [5, 5.41) is 17.0. The van der Waals surface area contributed by atoms with Crippen molar-refractivity contribution in [3.05, 3.63) is 0 Å². The third-order valence-electron chi connectivity index (χ3n) is 1.24. The Morgan fingerprint density at radius 2 is 1.33 bits per heavy atom. The maximum atomic E-state index is 8.49. The van der Waals surface area contributed by atoms with Crippen molar-refractivity contribution in [2.75, 3.05) is 26.4 Å². The third kappa shape index (κ3) is 6.92. The van der Waals surface area contributed by atoms with E-state index in [9.17, 15) is 0 Å². The maximum absolute atomic E-state index is 8.49. The molecule has 0 saturated carbocycles. The molecular formula is C10H14O5. The molecule has 0 aromatic carbocycles. The van der Waals surface area contributed by atoms with E-state index in [0.29, 0.717) is 0 Å². The van der Waals surface area contributed by atoms with Gasteiger partial charge in [-0.05, 0) is 11.8 Å². The Kier molecular flexibility index (Phi) is 8.79. The van der Waals surface area contributed by atoms with Crippen molar-refractivity contribution in [3.63, 3.8) is 0 Å². The van der Waals surface area contributed by atoms with Gasteiger partial charge >= 0.3 is 0 Å². The molecule has 84 valence electrons. The molecule has 0 fully saturated rings. The summed E-state index contributed by atoms with van der Waals surface area (Å²) in [7, 11) is 0. The van der Waals surface area contributed by atoms with Crippen LogP contribution < -0.4 is 0 Å². The molecule has 2 N–H and O–H groups in total. The standard InChI is InChI=1S/C10H14O5/c1-3-9(13-7-5-11)15-10(4-2)14-8-6-12/h1-2,9-12H,5-8H2. The lowest BCUT2D eigenvalue weighted by Crippen LogP contribution is -2.26. The van der Waals surface area contributed by atoms with E-state index in [4.69, 9.17) is 37.3 Å². The number of terminal acetylenes is 2. The van der Waals surface area contributed by atoms with Gasteiger partial charge in [0.1, 0.15) is 0 Å². The minimum absolute atomic E-state index is 0.0478. The Bertz CT molecular complexity index is 203. The number of ether oxygens (including phenoxy) is 3. The molecule has 0 aliphatic carbocycles. The highest BCUT2D eigenvalue weighted by Crippen LogP contribution is 2.00. The van der Waals surface area contributed by atoms with E-state index < -0.39 is 12.6 Å². The highest BCUT2D eigenvalue weighted by Gasteiger charge is 2.12. The molecular weight excluding hydrogens is 200 g/mol. The first-order chi connectivity index (χ1) is 7.28. The average molecular weight is 214 g/mol. The van der Waals surface area contributed by atoms with Crippen LogP contribution in [0.5, 0.6) is 0 Å². The minimum Gasteiger partial charge on any atom is -0.394 e. The summed E-state index contributed by atoms with van der Waals surface area (Å²) >= 11 is 0. The molecule has 15 heavy (non-hydrogen) atoms.